The minimum absolute atomic E-state index is 0.720. The largest absolute Gasteiger partial charge is 0.378 e. The van der Waals surface area contributed by atoms with Crippen molar-refractivity contribution in [3.8, 4) is 0 Å². The van der Waals surface area contributed by atoms with Gasteiger partial charge in [0.05, 0.1) is 24.1 Å². The minimum atomic E-state index is 0.720. The number of hydrogen-bond donors (Lipinski definition) is 2. The molecule has 72 valence electrons. The third kappa shape index (κ3) is 2.32. The maximum Gasteiger partial charge on any atom is 0.0568 e. The van der Waals surface area contributed by atoms with Crippen LogP contribution in [0.1, 0.15) is 5.69 Å². The molecule has 0 aliphatic rings. The van der Waals surface area contributed by atoms with Gasteiger partial charge in [-0.3, -0.25) is 10.1 Å². The lowest BCUT2D eigenvalue weighted by Crippen LogP contribution is -1.99. The molecular formula is C9H9BrN4. The summed E-state index contributed by atoms with van der Waals surface area (Å²) in [5, 5.41) is 9.96. The van der Waals surface area contributed by atoms with E-state index >= 15 is 0 Å². The Balaban J connectivity index is 1.98. The molecule has 0 atom stereocenters. The number of hydrogen-bond acceptors (Lipinski definition) is 3. The molecule has 5 heteroatoms. The number of halogens is 1. The Morgan fingerprint density at radius 2 is 2.36 bits per heavy atom. The normalized spacial score (nSPS) is 10.1. The second-order valence-corrected chi connectivity index (χ2v) is 3.74. The smallest absolute Gasteiger partial charge is 0.0568 e. The molecule has 2 aromatic heterocycles. The van der Waals surface area contributed by atoms with Gasteiger partial charge in [0.25, 0.3) is 0 Å². The summed E-state index contributed by atoms with van der Waals surface area (Å²) in [5.74, 6) is 0. The predicted octanol–water partition coefficient (Wildman–Crippen LogP) is 2.18. The molecule has 0 aliphatic carbocycles. The molecule has 0 radical (unpaired) electrons. The van der Waals surface area contributed by atoms with Crippen molar-refractivity contribution in [2.45, 2.75) is 6.54 Å². The van der Waals surface area contributed by atoms with Crippen molar-refractivity contribution in [2.75, 3.05) is 5.32 Å². The fraction of sp³-hybridized carbons (Fsp3) is 0.111. The van der Waals surface area contributed by atoms with Crippen LogP contribution >= 0.6 is 15.9 Å². The second kappa shape index (κ2) is 4.23. The van der Waals surface area contributed by atoms with E-state index in [9.17, 15) is 0 Å². The van der Waals surface area contributed by atoms with E-state index < -0.39 is 0 Å². The summed E-state index contributed by atoms with van der Waals surface area (Å²) in [5.41, 5.74) is 2.03. The van der Waals surface area contributed by atoms with Crippen LogP contribution in [0.5, 0.6) is 0 Å². The van der Waals surface area contributed by atoms with E-state index in [0.717, 1.165) is 22.4 Å². The van der Waals surface area contributed by atoms with Crippen LogP contribution in [0.4, 0.5) is 5.69 Å². The molecule has 2 N–H and O–H groups in total. The first kappa shape index (κ1) is 9.21. The molecule has 0 saturated heterocycles. The van der Waals surface area contributed by atoms with Crippen molar-refractivity contribution < 1.29 is 0 Å². The van der Waals surface area contributed by atoms with Crippen molar-refractivity contribution in [1.29, 1.82) is 0 Å². The number of aromatic amines is 1. The predicted molar refractivity (Wildman–Crippen MR) is 57.9 cm³/mol. The summed E-state index contributed by atoms with van der Waals surface area (Å²) in [6.45, 7) is 0.720. The van der Waals surface area contributed by atoms with Crippen LogP contribution in [0.25, 0.3) is 0 Å². The highest BCUT2D eigenvalue weighted by Crippen LogP contribution is 2.13. The van der Waals surface area contributed by atoms with Gasteiger partial charge in [0.1, 0.15) is 0 Å². The maximum absolute atomic E-state index is 4.05. The Hall–Kier alpha value is -1.36. The van der Waals surface area contributed by atoms with Crippen molar-refractivity contribution in [3.05, 3.63) is 40.9 Å². The lowest BCUT2D eigenvalue weighted by Gasteiger charge is -2.03. The molecule has 0 aliphatic heterocycles. The molecule has 0 amide bonds. The first-order chi connectivity index (χ1) is 6.84. The summed E-state index contributed by atoms with van der Waals surface area (Å²) >= 11 is 3.36. The van der Waals surface area contributed by atoms with E-state index in [1.165, 1.54) is 0 Å². The summed E-state index contributed by atoms with van der Waals surface area (Å²) in [6, 6.07) is 3.90. The third-order valence-electron chi connectivity index (χ3n) is 1.75. The number of aromatic nitrogens is 3. The van der Waals surface area contributed by atoms with Crippen molar-refractivity contribution in [1.82, 2.24) is 15.2 Å². The van der Waals surface area contributed by atoms with Gasteiger partial charge in [-0.1, -0.05) is 0 Å². The van der Waals surface area contributed by atoms with Gasteiger partial charge in [0.15, 0.2) is 0 Å². The molecule has 2 rings (SSSR count). The topological polar surface area (TPSA) is 53.6 Å². The van der Waals surface area contributed by atoms with Crippen LogP contribution in [0.2, 0.25) is 0 Å². The van der Waals surface area contributed by atoms with Gasteiger partial charge >= 0.3 is 0 Å². The zero-order valence-corrected chi connectivity index (χ0v) is 8.95. The average Bonchev–Trinajstić information content (AvgIpc) is 2.67. The zero-order chi connectivity index (χ0) is 9.80. The van der Waals surface area contributed by atoms with Crippen LogP contribution < -0.4 is 5.32 Å². The van der Waals surface area contributed by atoms with Gasteiger partial charge in [-0.25, -0.2) is 0 Å². The fourth-order valence-electron chi connectivity index (χ4n) is 1.09. The molecular weight excluding hydrogens is 244 g/mol. The average molecular weight is 253 g/mol. The fourth-order valence-corrected chi connectivity index (χ4v) is 1.45. The number of nitrogens with one attached hydrogen (secondary N) is 2. The monoisotopic (exact) mass is 252 g/mol. The Kier molecular flexibility index (Phi) is 2.78. The SMILES string of the molecule is Brc1cncc(NCc2ccn[nH]2)c1. The van der Waals surface area contributed by atoms with Gasteiger partial charge in [-0.15, -0.1) is 0 Å². The molecule has 4 nitrogen and oxygen atoms in total. The van der Waals surface area contributed by atoms with E-state index in [4.69, 9.17) is 0 Å². The van der Waals surface area contributed by atoms with Gasteiger partial charge in [-0.2, -0.15) is 5.10 Å². The number of rotatable bonds is 3. The summed E-state index contributed by atoms with van der Waals surface area (Å²) in [4.78, 5) is 4.05. The minimum Gasteiger partial charge on any atom is -0.378 e. The molecule has 0 saturated carbocycles. The molecule has 0 unspecified atom stereocenters. The molecule has 0 spiro atoms. The standard InChI is InChI=1S/C9H9BrN4/c10-7-3-9(5-11-4-7)12-6-8-1-2-13-14-8/h1-5,12H,6H2,(H,13,14). The highest BCUT2D eigenvalue weighted by molar-refractivity contribution is 9.10. The zero-order valence-electron chi connectivity index (χ0n) is 7.37. The molecule has 2 heterocycles. The van der Waals surface area contributed by atoms with E-state index in [1.807, 2.05) is 12.1 Å². The maximum atomic E-state index is 4.05. The van der Waals surface area contributed by atoms with Gasteiger partial charge < -0.3 is 5.32 Å². The Bertz CT molecular complexity index is 399. The van der Waals surface area contributed by atoms with Gasteiger partial charge in [0.2, 0.25) is 0 Å². The van der Waals surface area contributed by atoms with E-state index in [-0.39, 0.29) is 0 Å². The van der Waals surface area contributed by atoms with Crippen LogP contribution in [-0.2, 0) is 6.54 Å². The highest BCUT2D eigenvalue weighted by atomic mass is 79.9. The summed E-state index contributed by atoms with van der Waals surface area (Å²) in [7, 11) is 0. The van der Waals surface area contributed by atoms with Crippen LogP contribution in [-0.4, -0.2) is 15.2 Å². The van der Waals surface area contributed by atoms with Crippen molar-refractivity contribution in [3.63, 3.8) is 0 Å². The lowest BCUT2D eigenvalue weighted by molar-refractivity contribution is 0.980. The molecule has 0 aromatic carbocycles. The van der Waals surface area contributed by atoms with E-state index in [1.54, 1.807) is 18.6 Å². The Labute approximate surface area is 89.9 Å². The van der Waals surface area contributed by atoms with Crippen molar-refractivity contribution in [2.24, 2.45) is 0 Å². The van der Waals surface area contributed by atoms with E-state index in [0.29, 0.717) is 0 Å². The first-order valence-corrected chi connectivity index (χ1v) is 4.96. The third-order valence-corrected chi connectivity index (χ3v) is 2.18. The van der Waals surface area contributed by atoms with Crippen LogP contribution in [0.15, 0.2) is 35.2 Å². The molecule has 0 bridgehead atoms. The van der Waals surface area contributed by atoms with Gasteiger partial charge in [0, 0.05) is 16.9 Å². The summed E-state index contributed by atoms with van der Waals surface area (Å²) < 4.78 is 0.965. The lowest BCUT2D eigenvalue weighted by atomic mass is 10.4. The quantitative estimate of drug-likeness (QED) is 0.881. The Morgan fingerprint density at radius 1 is 1.43 bits per heavy atom. The number of nitrogens with zero attached hydrogens (tertiary/aromatic N) is 2. The highest BCUT2D eigenvalue weighted by Gasteiger charge is 1.95. The molecule has 0 fully saturated rings. The van der Waals surface area contributed by atoms with Gasteiger partial charge in [-0.05, 0) is 28.1 Å². The number of pyridine rings is 1. The first-order valence-electron chi connectivity index (χ1n) is 4.17. The molecule has 2 aromatic rings. The number of H-pyrrole nitrogens is 1. The second-order valence-electron chi connectivity index (χ2n) is 2.83. The summed E-state index contributed by atoms with van der Waals surface area (Å²) in [6.07, 6.45) is 5.26. The Morgan fingerprint density at radius 3 is 3.07 bits per heavy atom. The van der Waals surface area contributed by atoms with Crippen molar-refractivity contribution >= 4 is 21.6 Å². The number of anilines is 1. The van der Waals surface area contributed by atoms with Crippen LogP contribution in [0, 0.1) is 0 Å². The van der Waals surface area contributed by atoms with Crippen LogP contribution in [0.3, 0.4) is 0 Å². The molecule has 14 heavy (non-hydrogen) atoms. The van der Waals surface area contributed by atoms with E-state index in [2.05, 4.69) is 36.4 Å².